The van der Waals surface area contributed by atoms with Gasteiger partial charge in [-0.1, -0.05) is 27.5 Å². The molecule has 0 radical (unpaired) electrons. The molecule has 1 heterocycles. The molecular weight excluding hydrogens is 247 g/mol. The highest BCUT2D eigenvalue weighted by Gasteiger charge is 2.12. The summed E-state index contributed by atoms with van der Waals surface area (Å²) in [4.78, 5) is 11.8. The first-order chi connectivity index (χ1) is 5.16. The van der Waals surface area contributed by atoms with Gasteiger partial charge < -0.3 is 0 Å². The van der Waals surface area contributed by atoms with Crippen LogP contribution < -0.4 is 0 Å². The minimum absolute atomic E-state index is 0.0492. The maximum absolute atomic E-state index is 11.1. The van der Waals surface area contributed by atoms with Crippen molar-refractivity contribution in [1.82, 2.24) is 0 Å². The number of aryl methyl sites for hydroxylation is 1. The summed E-state index contributed by atoms with van der Waals surface area (Å²) >= 11 is 10.3. The van der Waals surface area contributed by atoms with E-state index in [1.807, 2.05) is 12.3 Å². The normalized spacial score (nSPS) is 10.1. The molecule has 0 unspecified atom stereocenters. The summed E-state index contributed by atoms with van der Waals surface area (Å²) in [6.45, 7) is 1.89. The summed E-state index contributed by atoms with van der Waals surface area (Å²) in [5.74, 6) is 0.0492. The lowest BCUT2D eigenvalue weighted by molar-refractivity contribution is 0.102. The summed E-state index contributed by atoms with van der Waals surface area (Å²) in [7, 11) is 0. The van der Waals surface area contributed by atoms with Crippen LogP contribution in [0.15, 0.2) is 5.38 Å². The highest BCUT2D eigenvalue weighted by Crippen LogP contribution is 2.27. The Morgan fingerprint density at radius 1 is 1.82 bits per heavy atom. The van der Waals surface area contributed by atoms with Gasteiger partial charge >= 0.3 is 0 Å². The minimum Gasteiger partial charge on any atom is -0.292 e. The van der Waals surface area contributed by atoms with Crippen molar-refractivity contribution in [2.75, 3.05) is 5.33 Å². The maximum atomic E-state index is 11.1. The average molecular weight is 254 g/mol. The van der Waals surface area contributed by atoms with Crippen LogP contribution in [0.25, 0.3) is 0 Å². The Kier molecular flexibility index (Phi) is 3.10. The molecule has 4 heteroatoms. The van der Waals surface area contributed by atoms with Crippen LogP contribution in [0.1, 0.15) is 15.2 Å². The second-order valence-electron chi connectivity index (χ2n) is 2.12. The number of carbonyl (C=O) groups excluding carboxylic acids is 1. The lowest BCUT2D eigenvalue weighted by Gasteiger charge is -1.91. The SMILES string of the molecule is Cc1csc(C(=O)CBr)c1Cl. The van der Waals surface area contributed by atoms with E-state index in [1.165, 1.54) is 11.3 Å². The zero-order valence-electron chi connectivity index (χ0n) is 5.86. The molecule has 1 nitrogen and oxygen atoms in total. The van der Waals surface area contributed by atoms with Crippen LogP contribution in [-0.4, -0.2) is 11.1 Å². The van der Waals surface area contributed by atoms with E-state index >= 15 is 0 Å². The second-order valence-corrected chi connectivity index (χ2v) is 3.94. The quantitative estimate of drug-likeness (QED) is 0.584. The van der Waals surface area contributed by atoms with E-state index in [9.17, 15) is 4.79 Å². The van der Waals surface area contributed by atoms with Gasteiger partial charge in [-0.2, -0.15) is 0 Å². The number of hydrogen-bond acceptors (Lipinski definition) is 2. The third-order valence-corrected chi connectivity index (χ3v) is 3.52. The number of Topliss-reactive ketones (excluding diaryl/α,β-unsaturated/α-hetero) is 1. The molecular formula is C7H6BrClOS. The topological polar surface area (TPSA) is 17.1 Å². The van der Waals surface area contributed by atoms with E-state index < -0.39 is 0 Å². The third kappa shape index (κ3) is 1.83. The van der Waals surface area contributed by atoms with E-state index in [0.717, 1.165) is 5.56 Å². The first-order valence-corrected chi connectivity index (χ1v) is 5.37. The Labute approximate surface area is 82.5 Å². The van der Waals surface area contributed by atoms with E-state index in [2.05, 4.69) is 15.9 Å². The van der Waals surface area contributed by atoms with Crippen molar-refractivity contribution >= 4 is 44.7 Å². The molecule has 0 saturated carbocycles. The average Bonchev–Trinajstić information content (AvgIpc) is 2.32. The molecule has 0 aliphatic carbocycles. The van der Waals surface area contributed by atoms with Crippen LogP contribution in [0.3, 0.4) is 0 Å². The van der Waals surface area contributed by atoms with Gasteiger partial charge in [-0.25, -0.2) is 0 Å². The van der Waals surface area contributed by atoms with Gasteiger partial charge in [-0.3, -0.25) is 4.79 Å². The lowest BCUT2D eigenvalue weighted by Crippen LogP contribution is -1.96. The molecule has 60 valence electrons. The predicted molar refractivity (Wildman–Crippen MR) is 52.2 cm³/mol. The van der Waals surface area contributed by atoms with Crippen LogP contribution in [0.5, 0.6) is 0 Å². The molecule has 1 aromatic heterocycles. The monoisotopic (exact) mass is 252 g/mol. The van der Waals surface area contributed by atoms with Crippen molar-refractivity contribution in [1.29, 1.82) is 0 Å². The first-order valence-electron chi connectivity index (χ1n) is 2.99. The molecule has 11 heavy (non-hydrogen) atoms. The Morgan fingerprint density at radius 2 is 2.45 bits per heavy atom. The van der Waals surface area contributed by atoms with Gasteiger partial charge in [0.15, 0.2) is 5.78 Å². The Balaban J connectivity index is 3.04. The van der Waals surface area contributed by atoms with Gasteiger partial charge in [0.05, 0.1) is 15.2 Å². The van der Waals surface area contributed by atoms with Gasteiger partial charge in [0.25, 0.3) is 0 Å². The van der Waals surface area contributed by atoms with Crippen molar-refractivity contribution in [3.63, 3.8) is 0 Å². The zero-order valence-corrected chi connectivity index (χ0v) is 9.02. The summed E-state index contributed by atoms with van der Waals surface area (Å²) in [6, 6.07) is 0. The molecule has 0 aromatic carbocycles. The van der Waals surface area contributed by atoms with E-state index in [1.54, 1.807) is 0 Å². The van der Waals surface area contributed by atoms with Gasteiger partial charge in [0, 0.05) is 0 Å². The molecule has 0 amide bonds. The number of halogens is 2. The fourth-order valence-corrected chi connectivity index (χ4v) is 2.38. The molecule has 0 aliphatic heterocycles. The standard InChI is InChI=1S/C7H6BrClOS/c1-4-3-11-7(6(4)9)5(10)2-8/h3H,2H2,1H3. The Bertz CT molecular complexity index is 282. The lowest BCUT2D eigenvalue weighted by atomic mass is 10.3. The third-order valence-electron chi connectivity index (χ3n) is 1.27. The maximum Gasteiger partial charge on any atom is 0.184 e. The molecule has 0 bridgehead atoms. The number of alkyl halides is 1. The number of thiophene rings is 1. The van der Waals surface area contributed by atoms with Crippen molar-refractivity contribution in [2.24, 2.45) is 0 Å². The van der Waals surface area contributed by atoms with Gasteiger partial charge in [-0.15, -0.1) is 11.3 Å². The van der Waals surface area contributed by atoms with Crippen LogP contribution in [-0.2, 0) is 0 Å². The number of hydrogen-bond donors (Lipinski definition) is 0. The molecule has 0 N–H and O–H groups in total. The Morgan fingerprint density at radius 3 is 2.82 bits per heavy atom. The first kappa shape index (κ1) is 9.23. The van der Waals surface area contributed by atoms with Crippen molar-refractivity contribution in [3.05, 3.63) is 20.8 Å². The van der Waals surface area contributed by atoms with Crippen molar-refractivity contribution in [3.8, 4) is 0 Å². The van der Waals surface area contributed by atoms with Crippen molar-refractivity contribution < 1.29 is 4.79 Å². The molecule has 1 aromatic rings. The molecule has 0 saturated heterocycles. The van der Waals surface area contributed by atoms with Crippen molar-refractivity contribution in [2.45, 2.75) is 6.92 Å². The largest absolute Gasteiger partial charge is 0.292 e. The van der Waals surface area contributed by atoms with Gasteiger partial charge in [-0.05, 0) is 17.9 Å². The van der Waals surface area contributed by atoms with Crippen LogP contribution in [0.2, 0.25) is 5.02 Å². The summed E-state index contributed by atoms with van der Waals surface area (Å²) in [5, 5.41) is 2.82. The number of carbonyl (C=O) groups is 1. The smallest absolute Gasteiger partial charge is 0.184 e. The van der Waals surface area contributed by atoms with E-state index in [0.29, 0.717) is 15.2 Å². The van der Waals surface area contributed by atoms with E-state index in [-0.39, 0.29) is 5.78 Å². The van der Waals surface area contributed by atoms with Crippen LogP contribution in [0.4, 0.5) is 0 Å². The molecule has 1 rings (SSSR count). The van der Waals surface area contributed by atoms with Crippen LogP contribution in [0, 0.1) is 6.92 Å². The predicted octanol–water partition coefficient (Wildman–Crippen LogP) is 3.29. The fourth-order valence-electron chi connectivity index (χ4n) is 0.679. The highest BCUT2D eigenvalue weighted by molar-refractivity contribution is 9.09. The minimum atomic E-state index is 0.0492. The second kappa shape index (κ2) is 3.70. The summed E-state index contributed by atoms with van der Waals surface area (Å²) < 4.78 is 0. The van der Waals surface area contributed by atoms with Gasteiger partial charge in [0.1, 0.15) is 0 Å². The highest BCUT2D eigenvalue weighted by atomic mass is 79.9. The number of rotatable bonds is 2. The van der Waals surface area contributed by atoms with Crippen LogP contribution >= 0.6 is 38.9 Å². The summed E-state index contributed by atoms with van der Waals surface area (Å²) in [6.07, 6.45) is 0. The zero-order chi connectivity index (χ0) is 8.43. The molecule has 0 atom stereocenters. The fraction of sp³-hybridized carbons (Fsp3) is 0.286. The molecule has 0 aliphatic rings. The number of ketones is 1. The molecule has 0 fully saturated rings. The van der Waals surface area contributed by atoms with Gasteiger partial charge in [0.2, 0.25) is 0 Å². The Hall–Kier alpha value is 0.140. The molecule has 0 spiro atoms. The summed E-state index contributed by atoms with van der Waals surface area (Å²) in [5.41, 5.74) is 0.973. The van der Waals surface area contributed by atoms with E-state index in [4.69, 9.17) is 11.6 Å².